The van der Waals surface area contributed by atoms with Crippen LogP contribution in [0, 0.1) is 5.82 Å². The molecule has 2 aromatic rings. The Hall–Kier alpha value is -2.64. The molecular formula is C25H32FN3O3. The van der Waals surface area contributed by atoms with Gasteiger partial charge in [0.05, 0.1) is 19.7 Å². The van der Waals surface area contributed by atoms with E-state index in [1.165, 1.54) is 12.1 Å². The summed E-state index contributed by atoms with van der Waals surface area (Å²) in [6.45, 7) is 6.13. The number of rotatable bonds is 7. The number of carbonyl (C=O) groups is 1. The lowest BCUT2D eigenvalue weighted by Crippen LogP contribution is -2.43. The van der Waals surface area contributed by atoms with Gasteiger partial charge in [0.15, 0.2) is 0 Å². The van der Waals surface area contributed by atoms with Crippen LogP contribution >= 0.6 is 0 Å². The predicted octanol–water partition coefficient (Wildman–Crippen LogP) is 3.37. The monoisotopic (exact) mass is 441 g/mol. The Morgan fingerprint density at radius 3 is 2.69 bits per heavy atom. The van der Waals surface area contributed by atoms with Crippen LogP contribution in [0.25, 0.3) is 0 Å². The third-order valence-electron chi connectivity index (χ3n) is 6.21. The van der Waals surface area contributed by atoms with Gasteiger partial charge in [-0.25, -0.2) is 4.39 Å². The molecular weight excluding hydrogens is 409 g/mol. The number of ether oxygens (including phenoxy) is 2. The number of fused-ring (bicyclic) bond motifs is 1. The zero-order valence-electron chi connectivity index (χ0n) is 18.9. The van der Waals surface area contributed by atoms with Crippen LogP contribution in [0.1, 0.15) is 36.9 Å². The summed E-state index contributed by atoms with van der Waals surface area (Å²) in [7, 11) is 1.64. The Balaban J connectivity index is 1.38. The number of halogens is 1. The molecule has 2 aliphatic heterocycles. The number of carbonyl (C=O) groups excluding carboxylic acids is 1. The van der Waals surface area contributed by atoms with Gasteiger partial charge in [-0.05, 0) is 56.6 Å². The van der Waals surface area contributed by atoms with Gasteiger partial charge in [-0.3, -0.25) is 14.6 Å². The summed E-state index contributed by atoms with van der Waals surface area (Å²) in [5.41, 5.74) is 2.08. The molecule has 1 amide bonds. The molecule has 1 saturated heterocycles. The summed E-state index contributed by atoms with van der Waals surface area (Å²) < 4.78 is 24.8. The molecule has 0 saturated carbocycles. The molecule has 2 heterocycles. The maximum absolute atomic E-state index is 13.4. The second-order valence-electron chi connectivity index (χ2n) is 8.69. The van der Waals surface area contributed by atoms with Crippen molar-refractivity contribution in [2.24, 2.45) is 0 Å². The zero-order chi connectivity index (χ0) is 22.5. The number of hydrogen-bond donors (Lipinski definition) is 1. The van der Waals surface area contributed by atoms with Crippen LogP contribution in [0.3, 0.4) is 0 Å². The van der Waals surface area contributed by atoms with Crippen LogP contribution in [0.5, 0.6) is 11.5 Å². The molecule has 1 fully saturated rings. The molecule has 32 heavy (non-hydrogen) atoms. The van der Waals surface area contributed by atoms with Crippen molar-refractivity contribution in [3.8, 4) is 11.5 Å². The standard InChI is InChI=1S/C25H32FN3O3/c1-18-15-28(16-20-7-10-22(31-2)13-24(20)32-18)17-25(30)27-14-23(29-11-3-4-12-29)19-5-8-21(26)9-6-19/h5-10,13,18,23H,3-4,11-12,14-17H2,1-2H3,(H,27,30)/t18-,23+/m1/s1. The van der Waals surface area contributed by atoms with E-state index in [0.29, 0.717) is 26.2 Å². The van der Waals surface area contributed by atoms with Gasteiger partial charge in [0.25, 0.3) is 0 Å². The number of amides is 1. The van der Waals surface area contributed by atoms with Crippen molar-refractivity contribution < 1.29 is 18.7 Å². The first-order chi connectivity index (χ1) is 15.5. The van der Waals surface area contributed by atoms with Gasteiger partial charge in [-0.15, -0.1) is 0 Å². The molecule has 6 nitrogen and oxygen atoms in total. The fraction of sp³-hybridized carbons (Fsp3) is 0.480. The van der Waals surface area contributed by atoms with Crippen LogP contribution in [0.2, 0.25) is 0 Å². The van der Waals surface area contributed by atoms with Crippen LogP contribution in [0.15, 0.2) is 42.5 Å². The minimum absolute atomic E-state index is 0.0135. The Bertz CT molecular complexity index is 915. The number of hydrogen-bond acceptors (Lipinski definition) is 5. The molecule has 2 atom stereocenters. The van der Waals surface area contributed by atoms with E-state index in [-0.39, 0.29) is 23.9 Å². The lowest BCUT2D eigenvalue weighted by atomic mass is 10.1. The van der Waals surface area contributed by atoms with E-state index in [4.69, 9.17) is 9.47 Å². The van der Waals surface area contributed by atoms with E-state index in [1.807, 2.05) is 37.3 Å². The molecule has 2 aliphatic rings. The Morgan fingerprint density at radius 2 is 1.97 bits per heavy atom. The highest BCUT2D eigenvalue weighted by molar-refractivity contribution is 5.78. The van der Waals surface area contributed by atoms with Crippen LogP contribution in [-0.4, -0.2) is 61.6 Å². The van der Waals surface area contributed by atoms with Gasteiger partial charge in [0.1, 0.15) is 23.4 Å². The minimum atomic E-state index is -0.242. The fourth-order valence-electron chi connectivity index (χ4n) is 4.61. The molecule has 1 N–H and O–H groups in total. The average Bonchev–Trinajstić information content (AvgIpc) is 3.25. The van der Waals surface area contributed by atoms with E-state index in [2.05, 4.69) is 15.1 Å². The van der Waals surface area contributed by atoms with Crippen molar-refractivity contribution in [2.45, 2.75) is 38.5 Å². The van der Waals surface area contributed by atoms with Gasteiger partial charge < -0.3 is 14.8 Å². The lowest BCUT2D eigenvalue weighted by molar-refractivity contribution is -0.122. The highest BCUT2D eigenvalue weighted by atomic mass is 19.1. The molecule has 0 bridgehead atoms. The highest BCUT2D eigenvalue weighted by Crippen LogP contribution is 2.29. The molecule has 7 heteroatoms. The van der Waals surface area contributed by atoms with Gasteiger partial charge >= 0.3 is 0 Å². The zero-order valence-corrected chi connectivity index (χ0v) is 18.9. The van der Waals surface area contributed by atoms with Crippen molar-refractivity contribution >= 4 is 5.91 Å². The number of likely N-dealkylation sites (tertiary alicyclic amines) is 1. The summed E-state index contributed by atoms with van der Waals surface area (Å²) in [4.78, 5) is 17.3. The first-order valence-corrected chi connectivity index (χ1v) is 11.3. The van der Waals surface area contributed by atoms with E-state index in [0.717, 1.165) is 48.6 Å². The molecule has 0 spiro atoms. The number of nitrogens with zero attached hydrogens (tertiary/aromatic N) is 2. The Labute approximate surface area is 189 Å². The molecule has 2 aromatic carbocycles. The summed E-state index contributed by atoms with van der Waals surface area (Å²) in [6, 6.07) is 12.5. The quantitative estimate of drug-likeness (QED) is 0.714. The topological polar surface area (TPSA) is 54.0 Å². The molecule has 4 rings (SSSR count). The second-order valence-corrected chi connectivity index (χ2v) is 8.69. The maximum Gasteiger partial charge on any atom is 0.234 e. The molecule has 0 aromatic heterocycles. The van der Waals surface area contributed by atoms with E-state index < -0.39 is 0 Å². The average molecular weight is 442 g/mol. The van der Waals surface area contributed by atoms with Crippen molar-refractivity contribution in [2.75, 3.05) is 39.8 Å². The first kappa shape index (κ1) is 22.6. The van der Waals surface area contributed by atoms with Gasteiger partial charge in [-0.2, -0.15) is 0 Å². The van der Waals surface area contributed by atoms with Crippen molar-refractivity contribution in [3.63, 3.8) is 0 Å². The van der Waals surface area contributed by atoms with Crippen molar-refractivity contribution in [3.05, 3.63) is 59.4 Å². The van der Waals surface area contributed by atoms with Crippen molar-refractivity contribution in [1.82, 2.24) is 15.1 Å². The fourth-order valence-corrected chi connectivity index (χ4v) is 4.61. The molecule has 172 valence electrons. The molecule has 0 radical (unpaired) electrons. The first-order valence-electron chi connectivity index (χ1n) is 11.3. The predicted molar refractivity (Wildman–Crippen MR) is 121 cm³/mol. The van der Waals surface area contributed by atoms with Gasteiger partial charge in [0.2, 0.25) is 5.91 Å². The molecule has 0 unspecified atom stereocenters. The summed E-state index contributed by atoms with van der Waals surface area (Å²) in [6.07, 6.45) is 2.27. The SMILES string of the molecule is COc1ccc2c(c1)O[C@H](C)CN(CC(=O)NC[C@@H](c1ccc(F)cc1)N1CCCC1)C2. The smallest absolute Gasteiger partial charge is 0.234 e. The second kappa shape index (κ2) is 10.3. The number of nitrogens with one attached hydrogen (secondary N) is 1. The summed E-state index contributed by atoms with van der Waals surface area (Å²) in [5.74, 6) is 1.31. The van der Waals surface area contributed by atoms with E-state index in [1.54, 1.807) is 7.11 Å². The Morgan fingerprint density at radius 1 is 1.22 bits per heavy atom. The van der Waals surface area contributed by atoms with Crippen LogP contribution in [0.4, 0.5) is 4.39 Å². The largest absolute Gasteiger partial charge is 0.497 e. The van der Waals surface area contributed by atoms with E-state index in [9.17, 15) is 9.18 Å². The van der Waals surface area contributed by atoms with Crippen LogP contribution in [-0.2, 0) is 11.3 Å². The molecule has 0 aliphatic carbocycles. The van der Waals surface area contributed by atoms with Crippen molar-refractivity contribution in [1.29, 1.82) is 0 Å². The van der Waals surface area contributed by atoms with Gasteiger partial charge in [-0.1, -0.05) is 18.2 Å². The lowest BCUT2D eigenvalue weighted by Gasteiger charge is -2.29. The third kappa shape index (κ3) is 5.58. The summed E-state index contributed by atoms with van der Waals surface area (Å²) in [5, 5.41) is 3.12. The number of methoxy groups -OCH3 is 1. The van der Waals surface area contributed by atoms with Crippen LogP contribution < -0.4 is 14.8 Å². The minimum Gasteiger partial charge on any atom is -0.497 e. The normalized spacial score (nSPS) is 20.2. The Kier molecular flexibility index (Phi) is 7.27. The van der Waals surface area contributed by atoms with Gasteiger partial charge in [0, 0.05) is 31.3 Å². The highest BCUT2D eigenvalue weighted by Gasteiger charge is 2.26. The van der Waals surface area contributed by atoms with E-state index >= 15 is 0 Å². The third-order valence-corrected chi connectivity index (χ3v) is 6.21. The number of benzene rings is 2. The maximum atomic E-state index is 13.4. The summed E-state index contributed by atoms with van der Waals surface area (Å²) >= 11 is 0.